The first-order valence-corrected chi connectivity index (χ1v) is 8.99. The van der Waals surface area contributed by atoms with Gasteiger partial charge in [0.1, 0.15) is 4.21 Å². The molecule has 1 aromatic heterocycles. The summed E-state index contributed by atoms with van der Waals surface area (Å²) in [6.45, 7) is 2.26. The fourth-order valence-electron chi connectivity index (χ4n) is 1.29. The van der Waals surface area contributed by atoms with Crippen LogP contribution in [0.5, 0.6) is 0 Å². The predicted octanol–water partition coefficient (Wildman–Crippen LogP) is 1.63. The van der Waals surface area contributed by atoms with Gasteiger partial charge < -0.3 is 5.73 Å². The van der Waals surface area contributed by atoms with Gasteiger partial charge in [0.2, 0.25) is 10.0 Å². The van der Waals surface area contributed by atoms with Gasteiger partial charge in [-0.05, 0) is 37.5 Å². The normalized spacial score (nSPS) is 13.8. The van der Waals surface area contributed by atoms with E-state index < -0.39 is 10.0 Å². The summed E-state index contributed by atoms with van der Waals surface area (Å²) < 4.78 is 27.0. The van der Waals surface area contributed by atoms with Crippen molar-refractivity contribution in [2.45, 2.75) is 30.1 Å². The van der Waals surface area contributed by atoms with Crippen molar-refractivity contribution in [3.8, 4) is 0 Å². The Labute approximate surface area is 111 Å². The first-order chi connectivity index (χ1) is 7.99. The first kappa shape index (κ1) is 15.0. The van der Waals surface area contributed by atoms with Crippen LogP contribution in [0.15, 0.2) is 16.3 Å². The molecule has 1 aromatic rings. The Bertz CT molecular complexity index is 442. The summed E-state index contributed by atoms with van der Waals surface area (Å²) in [4.78, 5) is 0.877. The number of rotatable bonds is 7. The third-order valence-corrected chi connectivity index (χ3v) is 6.05. The Balaban J connectivity index is 2.68. The van der Waals surface area contributed by atoms with Crippen LogP contribution in [0.1, 0.15) is 18.2 Å². The van der Waals surface area contributed by atoms with E-state index in [1.54, 1.807) is 23.9 Å². The molecular weight excluding hydrogens is 276 g/mol. The van der Waals surface area contributed by atoms with E-state index in [-0.39, 0.29) is 6.04 Å². The summed E-state index contributed by atoms with van der Waals surface area (Å²) in [5, 5.41) is 0. The zero-order chi connectivity index (χ0) is 12.9. The number of thiophene rings is 1. The van der Waals surface area contributed by atoms with E-state index in [0.717, 1.165) is 17.1 Å². The molecule has 0 aliphatic rings. The molecule has 17 heavy (non-hydrogen) atoms. The Morgan fingerprint density at radius 3 is 2.76 bits per heavy atom. The Morgan fingerprint density at radius 2 is 2.24 bits per heavy atom. The minimum atomic E-state index is -3.38. The standard InChI is InChI=1S/C10H18N2O2S3/c1-8(5-6-15-2)12-17(13,14)10-4-3-9(7-11)16-10/h3-4,8,12H,5-7,11H2,1-2H3. The highest BCUT2D eigenvalue weighted by molar-refractivity contribution is 7.98. The fraction of sp³-hybridized carbons (Fsp3) is 0.600. The molecule has 1 rings (SSSR count). The number of nitrogens with two attached hydrogens (primary N) is 1. The third kappa shape index (κ3) is 4.59. The molecule has 0 aliphatic heterocycles. The molecule has 0 spiro atoms. The second-order valence-corrected chi connectivity index (χ2v) is 7.82. The number of nitrogens with one attached hydrogen (secondary N) is 1. The van der Waals surface area contributed by atoms with E-state index in [1.807, 2.05) is 13.2 Å². The van der Waals surface area contributed by atoms with E-state index in [0.29, 0.717) is 10.8 Å². The molecule has 0 saturated heterocycles. The quantitative estimate of drug-likeness (QED) is 0.801. The average Bonchev–Trinajstić information content (AvgIpc) is 2.75. The van der Waals surface area contributed by atoms with Crippen molar-refractivity contribution in [1.82, 2.24) is 4.72 Å². The van der Waals surface area contributed by atoms with Crippen molar-refractivity contribution < 1.29 is 8.42 Å². The van der Waals surface area contributed by atoms with Crippen molar-refractivity contribution in [3.05, 3.63) is 17.0 Å². The van der Waals surface area contributed by atoms with Crippen LogP contribution in [0, 0.1) is 0 Å². The zero-order valence-electron chi connectivity index (χ0n) is 9.97. The van der Waals surface area contributed by atoms with Gasteiger partial charge in [-0.1, -0.05) is 0 Å². The molecule has 1 atom stereocenters. The molecule has 0 radical (unpaired) electrons. The fourth-order valence-corrected chi connectivity index (χ4v) is 4.41. The van der Waals surface area contributed by atoms with E-state index in [4.69, 9.17) is 5.73 Å². The lowest BCUT2D eigenvalue weighted by molar-refractivity contribution is 0.559. The van der Waals surface area contributed by atoms with Crippen LogP contribution >= 0.6 is 23.1 Å². The van der Waals surface area contributed by atoms with E-state index >= 15 is 0 Å². The molecule has 0 aliphatic carbocycles. The first-order valence-electron chi connectivity index (χ1n) is 5.29. The maximum atomic E-state index is 12.0. The molecule has 7 heteroatoms. The van der Waals surface area contributed by atoms with Crippen molar-refractivity contribution >= 4 is 33.1 Å². The van der Waals surface area contributed by atoms with Crippen LogP contribution in [0.4, 0.5) is 0 Å². The van der Waals surface area contributed by atoms with Crippen molar-refractivity contribution in [1.29, 1.82) is 0 Å². The van der Waals surface area contributed by atoms with Crippen molar-refractivity contribution in [2.75, 3.05) is 12.0 Å². The molecule has 1 heterocycles. The third-order valence-electron chi connectivity index (χ3n) is 2.21. The predicted molar refractivity (Wildman–Crippen MR) is 75.0 cm³/mol. The smallest absolute Gasteiger partial charge is 0.250 e. The summed E-state index contributed by atoms with van der Waals surface area (Å²) in [5.74, 6) is 0.947. The summed E-state index contributed by atoms with van der Waals surface area (Å²) in [6, 6.07) is 3.32. The second-order valence-electron chi connectivity index (χ2n) is 3.73. The molecule has 0 aromatic carbocycles. The number of sulfonamides is 1. The number of hydrogen-bond acceptors (Lipinski definition) is 5. The monoisotopic (exact) mass is 294 g/mol. The summed E-state index contributed by atoms with van der Waals surface area (Å²) in [5.41, 5.74) is 5.47. The lowest BCUT2D eigenvalue weighted by Crippen LogP contribution is -2.32. The summed E-state index contributed by atoms with van der Waals surface area (Å²) in [7, 11) is -3.38. The van der Waals surface area contributed by atoms with Crippen molar-refractivity contribution in [3.63, 3.8) is 0 Å². The highest BCUT2D eigenvalue weighted by Gasteiger charge is 2.18. The second kappa shape index (κ2) is 6.75. The van der Waals surface area contributed by atoms with Crippen LogP contribution in [-0.2, 0) is 16.6 Å². The molecule has 1 unspecified atom stereocenters. The Morgan fingerprint density at radius 1 is 1.53 bits per heavy atom. The topological polar surface area (TPSA) is 72.2 Å². The number of hydrogen-bond donors (Lipinski definition) is 2. The molecule has 4 nitrogen and oxygen atoms in total. The average molecular weight is 294 g/mol. The summed E-state index contributed by atoms with van der Waals surface area (Å²) in [6.07, 6.45) is 2.84. The largest absolute Gasteiger partial charge is 0.326 e. The molecule has 98 valence electrons. The van der Waals surface area contributed by atoms with Gasteiger partial charge in [-0.3, -0.25) is 0 Å². The van der Waals surface area contributed by atoms with Crippen LogP contribution in [0.3, 0.4) is 0 Å². The van der Waals surface area contributed by atoms with E-state index in [1.165, 1.54) is 11.3 Å². The van der Waals surface area contributed by atoms with Gasteiger partial charge in [0.15, 0.2) is 0 Å². The van der Waals surface area contributed by atoms with Crippen LogP contribution in [0.25, 0.3) is 0 Å². The highest BCUT2D eigenvalue weighted by Crippen LogP contribution is 2.21. The number of thioether (sulfide) groups is 1. The SMILES string of the molecule is CSCCC(C)NS(=O)(=O)c1ccc(CN)s1. The molecular formula is C10H18N2O2S3. The Kier molecular flexibility index (Phi) is 5.94. The van der Waals surface area contributed by atoms with Gasteiger partial charge in [-0.15, -0.1) is 11.3 Å². The van der Waals surface area contributed by atoms with Gasteiger partial charge in [0, 0.05) is 17.5 Å². The minimum Gasteiger partial charge on any atom is -0.326 e. The van der Waals surface area contributed by atoms with Gasteiger partial charge in [0.25, 0.3) is 0 Å². The van der Waals surface area contributed by atoms with Gasteiger partial charge in [-0.25, -0.2) is 13.1 Å². The molecule has 0 saturated carbocycles. The molecule has 0 bridgehead atoms. The highest BCUT2D eigenvalue weighted by atomic mass is 32.2. The summed E-state index contributed by atoms with van der Waals surface area (Å²) >= 11 is 2.94. The van der Waals surface area contributed by atoms with Gasteiger partial charge in [-0.2, -0.15) is 11.8 Å². The Hall–Kier alpha value is -0.0800. The van der Waals surface area contributed by atoms with Gasteiger partial charge in [0.05, 0.1) is 0 Å². The maximum absolute atomic E-state index is 12.0. The lowest BCUT2D eigenvalue weighted by Gasteiger charge is -2.12. The zero-order valence-corrected chi connectivity index (χ0v) is 12.4. The minimum absolute atomic E-state index is 0.0455. The molecule has 0 amide bonds. The molecule has 3 N–H and O–H groups in total. The lowest BCUT2D eigenvalue weighted by atomic mass is 10.3. The van der Waals surface area contributed by atoms with Crippen LogP contribution in [-0.4, -0.2) is 26.5 Å². The van der Waals surface area contributed by atoms with Crippen LogP contribution in [0.2, 0.25) is 0 Å². The van der Waals surface area contributed by atoms with E-state index in [9.17, 15) is 8.42 Å². The molecule has 0 fully saturated rings. The van der Waals surface area contributed by atoms with E-state index in [2.05, 4.69) is 4.72 Å². The van der Waals surface area contributed by atoms with Crippen molar-refractivity contribution in [2.24, 2.45) is 5.73 Å². The maximum Gasteiger partial charge on any atom is 0.250 e. The van der Waals surface area contributed by atoms with Gasteiger partial charge >= 0.3 is 0 Å². The van der Waals surface area contributed by atoms with Crippen LogP contribution < -0.4 is 10.5 Å².